The van der Waals surface area contributed by atoms with Gasteiger partial charge in [0.2, 0.25) is 5.88 Å². The minimum atomic E-state index is -4.90. The van der Waals surface area contributed by atoms with Gasteiger partial charge >= 0.3 is 12.2 Å². The maximum Gasteiger partial charge on any atom is 0.419 e. The molecule has 37 heavy (non-hydrogen) atoms. The first-order valence-electron chi connectivity index (χ1n) is 10.5. The lowest BCUT2D eigenvalue weighted by Gasteiger charge is -2.12. The van der Waals surface area contributed by atoms with Crippen LogP contribution >= 0.6 is 0 Å². The number of halogens is 4. The second kappa shape index (κ2) is 9.18. The summed E-state index contributed by atoms with van der Waals surface area (Å²) in [5, 5.41) is 14.2. The van der Waals surface area contributed by atoms with E-state index in [1.54, 1.807) is 30.3 Å². The fourth-order valence-corrected chi connectivity index (χ4v) is 3.47. The van der Waals surface area contributed by atoms with Crippen molar-refractivity contribution in [2.75, 3.05) is 11.1 Å². The van der Waals surface area contributed by atoms with Gasteiger partial charge < -0.3 is 15.8 Å². The number of ether oxygens (including phenoxy) is 1. The number of nitrogens with zero attached hydrogens (tertiary/aromatic N) is 7. The Balaban J connectivity index is 1.32. The number of hydrogen-bond donors (Lipinski definition) is 2. The Morgan fingerprint density at radius 1 is 1.08 bits per heavy atom. The Morgan fingerprint density at radius 3 is 2.68 bits per heavy atom. The van der Waals surface area contributed by atoms with Crippen LogP contribution in [0.1, 0.15) is 11.3 Å². The average Bonchev–Trinajstić information content (AvgIpc) is 3.45. The summed E-state index contributed by atoms with van der Waals surface area (Å²) >= 11 is 0. The Hall–Kier alpha value is -5.08. The highest BCUT2D eigenvalue weighted by Gasteiger charge is 2.34. The summed E-state index contributed by atoms with van der Waals surface area (Å²) in [5.74, 6) is -0.749. The van der Waals surface area contributed by atoms with Gasteiger partial charge in [-0.05, 0) is 47.7 Å². The van der Waals surface area contributed by atoms with E-state index < -0.39 is 23.6 Å². The number of anilines is 2. The number of hydrogen-bond acceptors (Lipinski definition) is 8. The van der Waals surface area contributed by atoms with Crippen molar-refractivity contribution in [1.29, 1.82) is 0 Å². The molecular formula is C22H15F4N9O2. The van der Waals surface area contributed by atoms with Crippen molar-refractivity contribution in [3.8, 4) is 11.6 Å². The lowest BCUT2D eigenvalue weighted by atomic mass is 10.2. The van der Waals surface area contributed by atoms with E-state index in [1.807, 2.05) is 0 Å². The number of carbonyl (C=O) groups excluding carboxylic acids is 1. The number of benzene rings is 2. The Bertz CT molecular complexity index is 1610. The van der Waals surface area contributed by atoms with Crippen molar-refractivity contribution < 1.29 is 27.1 Å². The van der Waals surface area contributed by atoms with Crippen LogP contribution in [-0.2, 0) is 12.7 Å². The zero-order chi connectivity index (χ0) is 26.2. The number of amides is 1. The van der Waals surface area contributed by atoms with Crippen LogP contribution in [0.15, 0.2) is 61.1 Å². The van der Waals surface area contributed by atoms with Crippen LogP contribution in [0, 0.1) is 5.82 Å². The van der Waals surface area contributed by atoms with Crippen LogP contribution in [0.5, 0.6) is 11.6 Å². The maximum atomic E-state index is 13.5. The molecule has 0 saturated carbocycles. The molecule has 3 heterocycles. The van der Waals surface area contributed by atoms with Gasteiger partial charge in [-0.15, -0.1) is 5.10 Å². The normalized spacial score (nSPS) is 11.6. The van der Waals surface area contributed by atoms with E-state index >= 15 is 0 Å². The average molecular weight is 513 g/mol. The highest BCUT2D eigenvalue weighted by Crippen LogP contribution is 2.33. The summed E-state index contributed by atoms with van der Waals surface area (Å²) in [6, 6.07) is 9.55. The van der Waals surface area contributed by atoms with Crippen LogP contribution in [0.3, 0.4) is 0 Å². The Labute approximate surface area is 204 Å². The number of nitrogens with two attached hydrogens (primary N) is 1. The third kappa shape index (κ3) is 5.14. The zero-order valence-corrected chi connectivity index (χ0v) is 18.5. The predicted octanol–water partition coefficient (Wildman–Crippen LogP) is 4.08. The van der Waals surface area contributed by atoms with E-state index in [4.69, 9.17) is 10.5 Å². The first kappa shape index (κ1) is 23.7. The third-order valence-electron chi connectivity index (χ3n) is 5.10. The molecule has 0 aliphatic rings. The van der Waals surface area contributed by atoms with Crippen LogP contribution in [-0.4, -0.2) is 40.8 Å². The fourth-order valence-electron chi connectivity index (χ4n) is 3.47. The van der Waals surface area contributed by atoms with E-state index in [0.717, 1.165) is 6.07 Å². The molecule has 0 atom stereocenters. The number of nitrogen functional groups attached to an aromatic ring is 1. The molecule has 15 heteroatoms. The molecule has 0 bridgehead atoms. The highest BCUT2D eigenvalue weighted by molar-refractivity contribution is 5.98. The van der Waals surface area contributed by atoms with Crippen molar-refractivity contribution in [2.45, 2.75) is 12.7 Å². The molecule has 0 fully saturated rings. The Kier molecular flexibility index (Phi) is 5.87. The van der Waals surface area contributed by atoms with Gasteiger partial charge in [0.25, 0.3) is 5.95 Å². The molecule has 0 saturated heterocycles. The number of tetrazole rings is 1. The number of rotatable bonds is 5. The summed E-state index contributed by atoms with van der Waals surface area (Å²) in [7, 11) is 0. The molecule has 0 aliphatic carbocycles. The van der Waals surface area contributed by atoms with E-state index in [0.29, 0.717) is 34.5 Å². The fraction of sp³-hybridized carbons (Fsp3) is 0.0909. The van der Waals surface area contributed by atoms with E-state index in [-0.39, 0.29) is 24.1 Å². The number of alkyl halides is 3. The number of carbonyl (C=O) groups is 1. The number of aromatic nitrogens is 7. The summed E-state index contributed by atoms with van der Waals surface area (Å²) < 4.78 is 59.4. The molecule has 0 spiro atoms. The second-order valence-corrected chi connectivity index (χ2v) is 7.66. The molecule has 1 amide bonds. The van der Waals surface area contributed by atoms with E-state index in [9.17, 15) is 22.4 Å². The summed E-state index contributed by atoms with van der Waals surface area (Å²) in [4.78, 5) is 22.2. The van der Waals surface area contributed by atoms with Crippen molar-refractivity contribution in [1.82, 2.24) is 34.7 Å². The molecule has 0 unspecified atom stereocenters. The van der Waals surface area contributed by atoms with Gasteiger partial charge in [-0.1, -0.05) is 5.10 Å². The highest BCUT2D eigenvalue weighted by atomic mass is 19.4. The van der Waals surface area contributed by atoms with Crippen molar-refractivity contribution in [2.24, 2.45) is 0 Å². The minimum absolute atomic E-state index is 0.0307. The molecule has 3 N–H and O–H groups in total. The molecule has 3 aromatic heterocycles. The maximum absolute atomic E-state index is 13.5. The zero-order valence-electron chi connectivity index (χ0n) is 18.5. The van der Waals surface area contributed by atoms with Crippen molar-refractivity contribution in [3.63, 3.8) is 0 Å². The molecule has 5 rings (SSSR count). The molecular weight excluding hydrogens is 498 g/mol. The summed E-state index contributed by atoms with van der Waals surface area (Å²) in [5.41, 5.74) is 4.78. The molecule has 0 radical (unpaired) electrons. The van der Waals surface area contributed by atoms with Gasteiger partial charge in [-0.2, -0.15) is 18.0 Å². The minimum Gasteiger partial charge on any atom is -0.439 e. The lowest BCUT2D eigenvalue weighted by Crippen LogP contribution is -2.19. The van der Waals surface area contributed by atoms with Crippen LogP contribution in [0.2, 0.25) is 0 Å². The smallest absolute Gasteiger partial charge is 0.419 e. The van der Waals surface area contributed by atoms with Gasteiger partial charge in [0.1, 0.15) is 24.4 Å². The summed E-state index contributed by atoms with van der Waals surface area (Å²) in [6.45, 7) is 0.193. The lowest BCUT2D eigenvalue weighted by molar-refractivity contribution is -0.139. The largest absolute Gasteiger partial charge is 0.439 e. The monoisotopic (exact) mass is 513 g/mol. The molecule has 2 aromatic carbocycles. The van der Waals surface area contributed by atoms with Gasteiger partial charge in [0.15, 0.2) is 0 Å². The third-order valence-corrected chi connectivity index (χ3v) is 5.10. The van der Waals surface area contributed by atoms with Gasteiger partial charge in [0.05, 0.1) is 16.8 Å². The van der Waals surface area contributed by atoms with Crippen LogP contribution in [0.4, 0.5) is 34.0 Å². The second-order valence-electron chi connectivity index (χ2n) is 7.66. The molecule has 5 aromatic rings. The van der Waals surface area contributed by atoms with Crippen LogP contribution in [0.25, 0.3) is 10.9 Å². The molecule has 11 nitrogen and oxygen atoms in total. The molecule has 188 valence electrons. The molecule has 0 aliphatic heterocycles. The number of fused-ring (bicyclic) bond motifs is 1. The standard InChI is InChI=1S/C22H15F4N9O2/c23-17-3-1-13(8-16(17)22(24,25)26)30-21(36)34-6-5-12-7-15(2-4-18(12)34)37-19-9-14(28-11-29-19)10-35-32-20(27)31-33-35/h1-9,11H,10H2,(H2,27,32)(H,30,36). The van der Waals surface area contributed by atoms with E-state index in [1.165, 1.54) is 21.9 Å². The number of nitrogens with one attached hydrogen (secondary N) is 1. The van der Waals surface area contributed by atoms with Gasteiger partial charge in [-0.25, -0.2) is 19.2 Å². The van der Waals surface area contributed by atoms with Crippen LogP contribution < -0.4 is 15.8 Å². The first-order valence-corrected chi connectivity index (χ1v) is 10.5. The first-order chi connectivity index (χ1) is 17.7. The van der Waals surface area contributed by atoms with Crippen molar-refractivity contribution in [3.05, 3.63) is 78.1 Å². The topological polar surface area (TPSA) is 139 Å². The predicted molar refractivity (Wildman–Crippen MR) is 121 cm³/mol. The Morgan fingerprint density at radius 2 is 1.92 bits per heavy atom. The van der Waals surface area contributed by atoms with Crippen molar-refractivity contribution >= 4 is 28.6 Å². The van der Waals surface area contributed by atoms with E-state index in [2.05, 4.69) is 30.7 Å². The quantitative estimate of drug-likeness (QED) is 0.335. The van der Waals surface area contributed by atoms with Gasteiger partial charge in [-0.3, -0.25) is 4.57 Å². The summed E-state index contributed by atoms with van der Waals surface area (Å²) in [6.07, 6.45) is -2.14. The van der Waals surface area contributed by atoms with Gasteiger partial charge in [0, 0.05) is 23.3 Å². The SMILES string of the molecule is Nc1nnn(Cc2cc(Oc3ccc4c(ccn4C(=O)Nc4ccc(F)c(C(F)(F)F)c4)c3)ncn2)n1.